The van der Waals surface area contributed by atoms with Gasteiger partial charge in [-0.3, -0.25) is 9.59 Å². The van der Waals surface area contributed by atoms with Gasteiger partial charge in [-0.15, -0.1) is 0 Å². The number of morpholine rings is 1. The Morgan fingerprint density at radius 2 is 1.94 bits per heavy atom. The molecular weight excluding hydrogens is 240 g/mol. The lowest BCUT2D eigenvalue weighted by Crippen LogP contribution is -2.46. The molecule has 0 spiro atoms. The summed E-state index contributed by atoms with van der Waals surface area (Å²) in [5.41, 5.74) is 6.58. The summed E-state index contributed by atoms with van der Waals surface area (Å²) >= 11 is 4.85. The topological polar surface area (TPSA) is 72.6 Å². The van der Waals surface area contributed by atoms with Crippen molar-refractivity contribution in [1.29, 1.82) is 0 Å². The number of imide groups is 1. The number of carbonyl (C=O) groups is 2. The predicted octanol–water partition coefficient (Wildman–Crippen LogP) is 0.211. The van der Waals surface area contributed by atoms with Crippen LogP contribution in [0.3, 0.4) is 0 Å². The van der Waals surface area contributed by atoms with Gasteiger partial charge in [0.2, 0.25) is 0 Å². The highest BCUT2D eigenvalue weighted by Crippen LogP contribution is 2.18. The Morgan fingerprint density at radius 3 is 2.53 bits per heavy atom. The van der Waals surface area contributed by atoms with Crippen molar-refractivity contribution in [1.82, 2.24) is 0 Å². The van der Waals surface area contributed by atoms with Crippen molar-refractivity contribution in [2.45, 2.75) is 0 Å². The van der Waals surface area contributed by atoms with Gasteiger partial charge in [0, 0.05) is 5.56 Å². The molecule has 0 radical (unpaired) electrons. The summed E-state index contributed by atoms with van der Waals surface area (Å²) in [5, 5.41) is 0. The number of anilines is 1. The third-order valence-electron chi connectivity index (χ3n) is 2.34. The van der Waals surface area contributed by atoms with Gasteiger partial charge in [-0.25, -0.2) is 4.90 Å². The van der Waals surface area contributed by atoms with Crippen molar-refractivity contribution >= 4 is 34.7 Å². The van der Waals surface area contributed by atoms with Crippen LogP contribution in [0.4, 0.5) is 5.69 Å². The number of nitrogens with two attached hydrogens (primary N) is 1. The van der Waals surface area contributed by atoms with Crippen LogP contribution in [0.15, 0.2) is 24.3 Å². The minimum atomic E-state index is -0.388. The Bertz CT molecular complexity index is 485. The average molecular weight is 250 g/mol. The Balaban J connectivity index is 2.38. The zero-order chi connectivity index (χ0) is 12.4. The summed E-state index contributed by atoms with van der Waals surface area (Å²) < 4.78 is 4.83. The van der Waals surface area contributed by atoms with Crippen molar-refractivity contribution in [3.63, 3.8) is 0 Å². The fourth-order valence-corrected chi connectivity index (χ4v) is 1.71. The molecular formula is C11H10N2O3S. The van der Waals surface area contributed by atoms with E-state index >= 15 is 0 Å². The Kier molecular flexibility index (Phi) is 3.16. The number of ether oxygens (including phenoxy) is 1. The molecule has 0 atom stereocenters. The molecule has 0 aromatic heterocycles. The minimum Gasteiger partial charge on any atom is -0.389 e. The molecule has 6 heteroatoms. The number of hydrogen-bond acceptors (Lipinski definition) is 4. The van der Waals surface area contributed by atoms with E-state index < -0.39 is 0 Å². The molecule has 0 bridgehead atoms. The van der Waals surface area contributed by atoms with Crippen LogP contribution in [0, 0.1) is 0 Å². The highest BCUT2D eigenvalue weighted by molar-refractivity contribution is 7.80. The van der Waals surface area contributed by atoms with Crippen LogP contribution >= 0.6 is 12.2 Å². The van der Waals surface area contributed by atoms with Crippen molar-refractivity contribution in [3.8, 4) is 0 Å². The first-order valence-electron chi connectivity index (χ1n) is 4.93. The van der Waals surface area contributed by atoms with Crippen molar-refractivity contribution in [2.24, 2.45) is 5.73 Å². The molecule has 88 valence electrons. The summed E-state index contributed by atoms with van der Waals surface area (Å²) in [4.78, 5) is 24.5. The molecule has 0 saturated carbocycles. The third-order valence-corrected chi connectivity index (χ3v) is 2.57. The number of hydrogen-bond donors (Lipinski definition) is 1. The monoisotopic (exact) mass is 250 g/mol. The summed E-state index contributed by atoms with van der Waals surface area (Å²) in [5.74, 6) is -0.775. The lowest BCUT2D eigenvalue weighted by atomic mass is 10.2. The molecule has 1 aromatic rings. The molecule has 1 aromatic carbocycles. The molecule has 2 amide bonds. The Morgan fingerprint density at radius 1 is 1.29 bits per heavy atom. The lowest BCUT2D eigenvalue weighted by Gasteiger charge is -2.25. The maximum absolute atomic E-state index is 11.6. The second kappa shape index (κ2) is 4.60. The maximum Gasteiger partial charge on any atom is 0.259 e. The highest BCUT2D eigenvalue weighted by atomic mass is 32.1. The van der Waals surface area contributed by atoms with E-state index in [0.29, 0.717) is 11.3 Å². The van der Waals surface area contributed by atoms with E-state index in [-0.39, 0.29) is 30.0 Å². The second-order valence-corrected chi connectivity index (χ2v) is 3.97. The van der Waals surface area contributed by atoms with Gasteiger partial charge in [0.05, 0.1) is 5.69 Å². The molecule has 1 fully saturated rings. The molecule has 2 N–H and O–H groups in total. The normalized spacial score (nSPS) is 16.1. The number of thiocarbonyl (C=S) groups is 1. The van der Waals surface area contributed by atoms with Gasteiger partial charge in [-0.05, 0) is 12.1 Å². The predicted molar refractivity (Wildman–Crippen MR) is 65.6 cm³/mol. The summed E-state index contributed by atoms with van der Waals surface area (Å²) in [6.45, 7) is -0.188. The molecule has 1 aliphatic rings. The van der Waals surface area contributed by atoms with E-state index in [1.165, 1.54) is 0 Å². The van der Waals surface area contributed by atoms with E-state index in [1.54, 1.807) is 24.3 Å². The first-order chi connectivity index (χ1) is 8.09. The van der Waals surface area contributed by atoms with Crippen LogP contribution in [-0.4, -0.2) is 30.0 Å². The number of nitrogens with zero attached hydrogens (tertiary/aromatic N) is 1. The van der Waals surface area contributed by atoms with Crippen LogP contribution in [0.25, 0.3) is 0 Å². The number of carbonyl (C=O) groups excluding carboxylic acids is 2. The highest BCUT2D eigenvalue weighted by Gasteiger charge is 2.28. The fraction of sp³-hybridized carbons (Fsp3) is 0.182. The number of amides is 2. The zero-order valence-corrected chi connectivity index (χ0v) is 9.70. The van der Waals surface area contributed by atoms with Gasteiger partial charge in [0.15, 0.2) is 0 Å². The van der Waals surface area contributed by atoms with Gasteiger partial charge in [-0.1, -0.05) is 24.4 Å². The largest absolute Gasteiger partial charge is 0.389 e. The maximum atomic E-state index is 11.6. The van der Waals surface area contributed by atoms with Crippen molar-refractivity contribution in [3.05, 3.63) is 29.8 Å². The molecule has 1 aliphatic heterocycles. The van der Waals surface area contributed by atoms with Crippen LogP contribution in [0.5, 0.6) is 0 Å². The number of benzene rings is 1. The smallest absolute Gasteiger partial charge is 0.259 e. The quantitative estimate of drug-likeness (QED) is 0.600. The molecule has 1 saturated heterocycles. The molecule has 0 aliphatic carbocycles. The SMILES string of the molecule is NC(=S)c1cccc(N2C(=O)COCC2=O)c1. The molecule has 0 unspecified atom stereocenters. The summed E-state index contributed by atoms with van der Waals surface area (Å²) in [7, 11) is 0. The van der Waals surface area contributed by atoms with Crippen LogP contribution < -0.4 is 10.6 Å². The van der Waals surface area contributed by atoms with Crippen LogP contribution in [-0.2, 0) is 14.3 Å². The second-order valence-electron chi connectivity index (χ2n) is 3.53. The summed E-state index contributed by atoms with van der Waals surface area (Å²) in [6.07, 6.45) is 0. The third kappa shape index (κ3) is 2.32. The average Bonchev–Trinajstić information content (AvgIpc) is 2.29. The van der Waals surface area contributed by atoms with E-state index in [1.807, 2.05) is 0 Å². The van der Waals surface area contributed by atoms with Crippen molar-refractivity contribution < 1.29 is 14.3 Å². The fourth-order valence-electron chi connectivity index (χ4n) is 1.58. The lowest BCUT2D eigenvalue weighted by molar-refractivity contribution is -0.138. The Hall–Kier alpha value is -1.79. The molecule has 17 heavy (non-hydrogen) atoms. The van der Waals surface area contributed by atoms with Gasteiger partial charge >= 0.3 is 0 Å². The van der Waals surface area contributed by atoms with Crippen LogP contribution in [0.2, 0.25) is 0 Å². The zero-order valence-electron chi connectivity index (χ0n) is 8.88. The van der Waals surface area contributed by atoms with Crippen molar-refractivity contribution in [2.75, 3.05) is 18.1 Å². The van der Waals surface area contributed by atoms with Gasteiger partial charge in [-0.2, -0.15) is 0 Å². The van der Waals surface area contributed by atoms with Gasteiger partial charge < -0.3 is 10.5 Å². The van der Waals surface area contributed by atoms with E-state index in [4.69, 9.17) is 22.7 Å². The molecule has 1 heterocycles. The van der Waals surface area contributed by atoms with Gasteiger partial charge in [0.1, 0.15) is 18.2 Å². The van der Waals surface area contributed by atoms with Gasteiger partial charge in [0.25, 0.3) is 11.8 Å². The van der Waals surface area contributed by atoms with E-state index in [0.717, 1.165) is 4.90 Å². The molecule has 2 rings (SSSR count). The first-order valence-corrected chi connectivity index (χ1v) is 5.34. The standard InChI is InChI=1S/C11H10N2O3S/c12-11(17)7-2-1-3-8(4-7)13-9(14)5-16-6-10(13)15/h1-4H,5-6H2,(H2,12,17). The molecule has 5 nitrogen and oxygen atoms in total. The van der Waals surface area contributed by atoms with E-state index in [2.05, 4.69) is 0 Å². The summed E-state index contributed by atoms with van der Waals surface area (Å²) in [6, 6.07) is 6.69. The number of rotatable bonds is 2. The van der Waals surface area contributed by atoms with Crippen LogP contribution in [0.1, 0.15) is 5.56 Å². The minimum absolute atomic E-state index is 0.0942. The first kappa shape index (κ1) is 11.7. The Labute approximate surface area is 103 Å². The van der Waals surface area contributed by atoms with E-state index in [9.17, 15) is 9.59 Å².